The van der Waals surface area contributed by atoms with E-state index in [0.717, 1.165) is 17.8 Å². The quantitative estimate of drug-likeness (QED) is 0.899. The fraction of sp³-hybridized carbons (Fsp3) is 0.312. The largest absolute Gasteiger partial charge is 0.325 e. The molecule has 0 saturated heterocycles. The second-order valence-corrected chi connectivity index (χ2v) is 6.64. The van der Waals surface area contributed by atoms with Crippen molar-refractivity contribution in [2.45, 2.75) is 20.4 Å². The van der Waals surface area contributed by atoms with E-state index in [-0.39, 0.29) is 5.91 Å². The maximum atomic E-state index is 12.1. The van der Waals surface area contributed by atoms with E-state index in [9.17, 15) is 4.79 Å². The van der Waals surface area contributed by atoms with Gasteiger partial charge in [-0.1, -0.05) is 11.6 Å². The van der Waals surface area contributed by atoms with Gasteiger partial charge in [-0.2, -0.15) is 0 Å². The average Bonchev–Trinajstić information content (AvgIpc) is 2.78. The fourth-order valence-corrected chi connectivity index (χ4v) is 3.28. The number of anilines is 1. The summed E-state index contributed by atoms with van der Waals surface area (Å²) in [6, 6.07) is 7.56. The number of halogens is 1. The summed E-state index contributed by atoms with van der Waals surface area (Å²) in [6.45, 7) is 5.17. The van der Waals surface area contributed by atoms with Gasteiger partial charge < -0.3 is 5.32 Å². The smallest absolute Gasteiger partial charge is 0.238 e. The van der Waals surface area contributed by atoms with Gasteiger partial charge in [0.05, 0.1) is 6.54 Å². The van der Waals surface area contributed by atoms with Gasteiger partial charge in [-0.15, -0.1) is 11.3 Å². The summed E-state index contributed by atoms with van der Waals surface area (Å²) >= 11 is 7.64. The van der Waals surface area contributed by atoms with Crippen molar-refractivity contribution in [3.05, 3.63) is 50.7 Å². The summed E-state index contributed by atoms with van der Waals surface area (Å²) < 4.78 is 0. The molecule has 1 heterocycles. The van der Waals surface area contributed by atoms with Crippen LogP contribution in [-0.2, 0) is 11.3 Å². The third kappa shape index (κ3) is 4.56. The molecule has 2 rings (SSSR count). The number of likely N-dealkylation sites (N-methyl/N-ethyl adjacent to an activating group) is 1. The molecule has 0 atom stereocenters. The molecule has 112 valence electrons. The lowest BCUT2D eigenvalue weighted by molar-refractivity contribution is -0.117. The van der Waals surface area contributed by atoms with Gasteiger partial charge in [0.1, 0.15) is 0 Å². The third-order valence-electron chi connectivity index (χ3n) is 3.26. The minimum atomic E-state index is -0.0165. The molecule has 2 aromatic rings. The predicted molar refractivity (Wildman–Crippen MR) is 90.2 cm³/mol. The molecule has 1 aromatic carbocycles. The van der Waals surface area contributed by atoms with Gasteiger partial charge in [0, 0.05) is 22.1 Å². The molecular weight excluding hydrogens is 304 g/mol. The molecule has 1 N–H and O–H groups in total. The lowest BCUT2D eigenvalue weighted by atomic mass is 10.2. The topological polar surface area (TPSA) is 32.3 Å². The van der Waals surface area contributed by atoms with Crippen molar-refractivity contribution in [2.75, 3.05) is 18.9 Å². The Labute approximate surface area is 134 Å². The maximum Gasteiger partial charge on any atom is 0.238 e. The van der Waals surface area contributed by atoms with Crippen LogP contribution < -0.4 is 5.32 Å². The molecule has 0 unspecified atom stereocenters. The minimum absolute atomic E-state index is 0.0165. The summed E-state index contributed by atoms with van der Waals surface area (Å²) in [7, 11) is 1.95. The normalized spacial score (nSPS) is 10.9. The van der Waals surface area contributed by atoms with Crippen molar-refractivity contribution < 1.29 is 4.79 Å². The van der Waals surface area contributed by atoms with Crippen LogP contribution in [0.3, 0.4) is 0 Å². The number of hydrogen-bond donors (Lipinski definition) is 1. The lowest BCUT2D eigenvalue weighted by Gasteiger charge is -2.16. The van der Waals surface area contributed by atoms with Gasteiger partial charge in [0.15, 0.2) is 0 Å². The lowest BCUT2D eigenvalue weighted by Crippen LogP contribution is -2.29. The zero-order chi connectivity index (χ0) is 15.4. The zero-order valence-corrected chi connectivity index (χ0v) is 14.0. The number of hydrogen-bond acceptors (Lipinski definition) is 3. The number of carbonyl (C=O) groups excluding carboxylic acids is 1. The molecule has 0 spiro atoms. The van der Waals surface area contributed by atoms with E-state index < -0.39 is 0 Å². The number of amides is 1. The van der Waals surface area contributed by atoms with E-state index in [0.29, 0.717) is 11.6 Å². The third-order valence-corrected chi connectivity index (χ3v) is 4.50. The van der Waals surface area contributed by atoms with E-state index in [4.69, 9.17) is 11.6 Å². The molecule has 1 aromatic heterocycles. The van der Waals surface area contributed by atoms with E-state index in [1.165, 1.54) is 10.4 Å². The van der Waals surface area contributed by atoms with E-state index >= 15 is 0 Å². The summed E-state index contributed by atoms with van der Waals surface area (Å²) in [5, 5.41) is 5.68. The number of carbonyl (C=O) groups is 1. The van der Waals surface area contributed by atoms with Crippen molar-refractivity contribution in [1.29, 1.82) is 0 Å². The number of nitrogens with zero attached hydrogens (tertiary/aromatic N) is 1. The molecular formula is C16H19ClN2OS. The molecule has 21 heavy (non-hydrogen) atoms. The van der Waals surface area contributed by atoms with Crippen molar-refractivity contribution >= 4 is 34.5 Å². The second kappa shape index (κ2) is 7.07. The van der Waals surface area contributed by atoms with Crippen LogP contribution in [-0.4, -0.2) is 24.4 Å². The highest BCUT2D eigenvalue weighted by Crippen LogP contribution is 2.20. The summed E-state index contributed by atoms with van der Waals surface area (Å²) in [5.74, 6) is -0.0165. The Hall–Kier alpha value is -1.36. The van der Waals surface area contributed by atoms with E-state index in [1.807, 2.05) is 31.0 Å². The molecule has 0 aliphatic heterocycles. The number of aryl methyl sites for hydroxylation is 2. The summed E-state index contributed by atoms with van der Waals surface area (Å²) in [5.41, 5.74) is 3.05. The van der Waals surface area contributed by atoms with Gasteiger partial charge >= 0.3 is 0 Å². The highest BCUT2D eigenvalue weighted by molar-refractivity contribution is 7.10. The van der Waals surface area contributed by atoms with Crippen LogP contribution in [0.4, 0.5) is 5.69 Å². The Morgan fingerprint density at radius 2 is 2.05 bits per heavy atom. The maximum absolute atomic E-state index is 12.1. The Morgan fingerprint density at radius 1 is 1.29 bits per heavy atom. The van der Waals surface area contributed by atoms with Crippen molar-refractivity contribution in [3.63, 3.8) is 0 Å². The molecule has 0 radical (unpaired) electrons. The van der Waals surface area contributed by atoms with Gasteiger partial charge in [0.2, 0.25) is 5.91 Å². The van der Waals surface area contributed by atoms with Gasteiger partial charge in [0.25, 0.3) is 0 Å². The SMILES string of the molecule is Cc1cc(Cl)ccc1NC(=O)CN(C)Cc1sccc1C. The van der Waals surface area contributed by atoms with Crippen LogP contribution >= 0.6 is 22.9 Å². The highest BCUT2D eigenvalue weighted by atomic mass is 35.5. The zero-order valence-electron chi connectivity index (χ0n) is 12.4. The first-order valence-electron chi connectivity index (χ1n) is 6.73. The van der Waals surface area contributed by atoms with Crippen LogP contribution in [0.5, 0.6) is 0 Å². The Kier molecular flexibility index (Phi) is 5.39. The minimum Gasteiger partial charge on any atom is -0.325 e. The number of thiophene rings is 1. The van der Waals surface area contributed by atoms with Gasteiger partial charge in [-0.05, 0) is 61.7 Å². The Balaban J connectivity index is 1.90. The van der Waals surface area contributed by atoms with Crippen LogP contribution in [0.25, 0.3) is 0 Å². The predicted octanol–water partition coefficient (Wildman–Crippen LogP) is 4.09. The number of nitrogens with one attached hydrogen (secondary N) is 1. The van der Waals surface area contributed by atoms with Crippen molar-refractivity contribution in [3.8, 4) is 0 Å². The summed E-state index contributed by atoms with van der Waals surface area (Å²) in [4.78, 5) is 15.4. The Morgan fingerprint density at radius 3 is 2.67 bits per heavy atom. The number of rotatable bonds is 5. The first-order valence-corrected chi connectivity index (χ1v) is 7.99. The standard InChI is InChI=1S/C16H19ClN2OS/c1-11-6-7-21-15(11)9-19(3)10-16(20)18-14-5-4-13(17)8-12(14)2/h4-8H,9-10H2,1-3H3,(H,18,20). The average molecular weight is 323 g/mol. The molecule has 0 saturated carbocycles. The van der Waals surface area contributed by atoms with Crippen LogP contribution in [0.15, 0.2) is 29.6 Å². The monoisotopic (exact) mass is 322 g/mol. The van der Waals surface area contributed by atoms with Crippen molar-refractivity contribution in [1.82, 2.24) is 4.90 Å². The molecule has 1 amide bonds. The Bertz CT molecular complexity index is 639. The molecule has 0 fully saturated rings. The number of benzene rings is 1. The second-order valence-electron chi connectivity index (χ2n) is 5.21. The highest BCUT2D eigenvalue weighted by Gasteiger charge is 2.10. The molecule has 3 nitrogen and oxygen atoms in total. The molecule has 0 aliphatic rings. The van der Waals surface area contributed by atoms with E-state index in [2.05, 4.69) is 23.7 Å². The molecule has 0 bridgehead atoms. The van der Waals surface area contributed by atoms with Gasteiger partial charge in [-0.25, -0.2) is 0 Å². The fourth-order valence-electron chi connectivity index (χ4n) is 2.07. The van der Waals surface area contributed by atoms with Crippen molar-refractivity contribution in [2.24, 2.45) is 0 Å². The van der Waals surface area contributed by atoms with Gasteiger partial charge in [-0.3, -0.25) is 9.69 Å². The molecule has 0 aliphatic carbocycles. The van der Waals surface area contributed by atoms with Crippen LogP contribution in [0, 0.1) is 13.8 Å². The van der Waals surface area contributed by atoms with Crippen LogP contribution in [0.1, 0.15) is 16.0 Å². The first kappa shape index (κ1) is 16.0. The first-order chi connectivity index (χ1) is 9.95. The van der Waals surface area contributed by atoms with Crippen LogP contribution in [0.2, 0.25) is 5.02 Å². The summed E-state index contributed by atoms with van der Waals surface area (Å²) in [6.07, 6.45) is 0. The molecule has 5 heteroatoms. The van der Waals surface area contributed by atoms with E-state index in [1.54, 1.807) is 17.4 Å².